The van der Waals surface area contributed by atoms with Gasteiger partial charge in [0.2, 0.25) is 11.8 Å². The van der Waals surface area contributed by atoms with Crippen LogP contribution >= 0.6 is 0 Å². The van der Waals surface area contributed by atoms with Gasteiger partial charge in [0.05, 0.1) is 18.0 Å². The van der Waals surface area contributed by atoms with Crippen molar-refractivity contribution in [3.63, 3.8) is 0 Å². The molecule has 8 nitrogen and oxygen atoms in total. The number of hydrogen-bond donors (Lipinski definition) is 2. The Morgan fingerprint density at radius 2 is 2.09 bits per heavy atom. The van der Waals surface area contributed by atoms with Gasteiger partial charge in [-0.3, -0.25) is 14.5 Å². The van der Waals surface area contributed by atoms with Crippen molar-refractivity contribution < 1.29 is 19.1 Å². The van der Waals surface area contributed by atoms with Crippen LogP contribution in [0.1, 0.15) is 71.4 Å². The SMILES string of the molecule is CC[C@]1(C)CC(=O)N([C@@H](CCOC)[C@@H]2C[C@H]2C(=O)N[C@H]2CC(C)(C)Oc3ccccc32)C(N)=N1. The van der Waals surface area contributed by atoms with Crippen LogP contribution in [-0.4, -0.2) is 53.6 Å². The van der Waals surface area contributed by atoms with E-state index in [2.05, 4.69) is 10.3 Å². The van der Waals surface area contributed by atoms with Gasteiger partial charge in [0, 0.05) is 37.7 Å². The lowest BCUT2D eigenvalue weighted by atomic mass is 9.89. The number of fused-ring (bicyclic) bond motifs is 1. The first kappa shape index (κ1) is 24.5. The van der Waals surface area contributed by atoms with Crippen LogP contribution in [0.15, 0.2) is 29.3 Å². The van der Waals surface area contributed by atoms with Gasteiger partial charge in [-0.15, -0.1) is 0 Å². The molecule has 34 heavy (non-hydrogen) atoms. The Kier molecular flexibility index (Phi) is 6.64. The number of nitrogens with two attached hydrogens (primary N) is 1. The number of rotatable bonds is 8. The molecule has 0 unspecified atom stereocenters. The van der Waals surface area contributed by atoms with Crippen molar-refractivity contribution in [2.45, 2.75) is 83.0 Å². The third kappa shape index (κ3) is 4.92. The van der Waals surface area contributed by atoms with E-state index in [0.29, 0.717) is 25.9 Å². The molecule has 1 aromatic rings. The molecule has 1 saturated carbocycles. The molecule has 2 heterocycles. The Labute approximate surface area is 202 Å². The van der Waals surface area contributed by atoms with Crippen LogP contribution in [0.5, 0.6) is 5.75 Å². The van der Waals surface area contributed by atoms with Crippen molar-refractivity contribution in [2.24, 2.45) is 22.6 Å². The molecule has 5 atom stereocenters. The minimum absolute atomic E-state index is 0.0169. The summed E-state index contributed by atoms with van der Waals surface area (Å²) < 4.78 is 11.4. The van der Waals surface area contributed by atoms with E-state index < -0.39 is 5.54 Å². The third-order valence-corrected chi connectivity index (χ3v) is 7.51. The lowest BCUT2D eigenvalue weighted by molar-refractivity contribution is -0.132. The van der Waals surface area contributed by atoms with Crippen LogP contribution < -0.4 is 15.8 Å². The van der Waals surface area contributed by atoms with Gasteiger partial charge < -0.3 is 20.5 Å². The minimum atomic E-state index is -0.465. The van der Waals surface area contributed by atoms with E-state index in [0.717, 1.165) is 24.2 Å². The van der Waals surface area contributed by atoms with Crippen molar-refractivity contribution in [3.05, 3.63) is 29.8 Å². The topological polar surface area (TPSA) is 106 Å². The predicted octanol–water partition coefficient (Wildman–Crippen LogP) is 3.16. The Morgan fingerprint density at radius 1 is 1.35 bits per heavy atom. The van der Waals surface area contributed by atoms with E-state index in [4.69, 9.17) is 15.2 Å². The molecule has 3 aliphatic rings. The number of carbonyl (C=O) groups is 2. The number of benzene rings is 1. The van der Waals surface area contributed by atoms with E-state index in [1.807, 2.05) is 52.0 Å². The van der Waals surface area contributed by atoms with Crippen LogP contribution in [0.2, 0.25) is 0 Å². The highest BCUT2D eigenvalue weighted by molar-refractivity contribution is 5.99. The molecule has 4 rings (SSSR count). The summed E-state index contributed by atoms with van der Waals surface area (Å²) in [6.45, 7) is 8.53. The molecular formula is C26H38N4O4. The first-order valence-corrected chi connectivity index (χ1v) is 12.3. The van der Waals surface area contributed by atoms with Crippen molar-refractivity contribution in [3.8, 4) is 5.75 Å². The summed E-state index contributed by atoms with van der Waals surface area (Å²) in [5.74, 6) is 0.929. The number of nitrogens with zero attached hydrogens (tertiary/aromatic N) is 2. The largest absolute Gasteiger partial charge is 0.487 e. The molecule has 0 aromatic heterocycles. The molecule has 8 heteroatoms. The number of carbonyl (C=O) groups excluding carboxylic acids is 2. The molecule has 0 radical (unpaired) electrons. The number of hydrogen-bond acceptors (Lipinski definition) is 6. The molecule has 2 amide bonds. The lowest BCUT2D eigenvalue weighted by Crippen LogP contribution is -2.56. The van der Waals surface area contributed by atoms with Crippen molar-refractivity contribution in [1.29, 1.82) is 0 Å². The van der Waals surface area contributed by atoms with Crippen LogP contribution in [0.25, 0.3) is 0 Å². The number of para-hydroxylation sites is 1. The highest BCUT2D eigenvalue weighted by atomic mass is 16.5. The number of methoxy groups -OCH3 is 1. The maximum Gasteiger partial charge on any atom is 0.231 e. The summed E-state index contributed by atoms with van der Waals surface area (Å²) in [4.78, 5) is 32.7. The van der Waals surface area contributed by atoms with Crippen LogP contribution in [0, 0.1) is 11.8 Å². The van der Waals surface area contributed by atoms with Gasteiger partial charge in [0.25, 0.3) is 0 Å². The van der Waals surface area contributed by atoms with Crippen molar-refractivity contribution >= 4 is 17.8 Å². The molecule has 0 saturated heterocycles. The summed E-state index contributed by atoms with van der Waals surface area (Å²) >= 11 is 0. The standard InChI is InChI=1S/C26H38N4O4/c1-6-26(4)15-22(31)30(24(27)29-26)20(11-12-33-5)17-13-18(17)23(32)28-19-14-25(2,3)34-21-10-8-7-9-16(19)21/h7-10,17-20H,6,11-15H2,1-5H3,(H2,27,29)(H,28,32)/t17-,18-,19+,20+,26-/m1/s1. The lowest BCUT2D eigenvalue weighted by Gasteiger charge is -2.39. The second-order valence-electron chi connectivity index (χ2n) is 10.8. The van der Waals surface area contributed by atoms with E-state index in [1.165, 1.54) is 0 Å². The number of aliphatic imine (C=N–C) groups is 1. The fraction of sp³-hybridized carbons (Fsp3) is 0.654. The Hall–Kier alpha value is -2.61. The first-order valence-electron chi connectivity index (χ1n) is 12.3. The molecule has 2 aliphatic heterocycles. The Morgan fingerprint density at radius 3 is 2.76 bits per heavy atom. The Bertz CT molecular complexity index is 977. The second kappa shape index (κ2) is 9.21. The molecule has 186 valence electrons. The van der Waals surface area contributed by atoms with Gasteiger partial charge >= 0.3 is 0 Å². The zero-order chi connectivity index (χ0) is 24.7. The fourth-order valence-electron chi connectivity index (χ4n) is 5.39. The number of ether oxygens (including phenoxy) is 2. The summed E-state index contributed by atoms with van der Waals surface area (Å²) in [5.41, 5.74) is 6.48. The quantitative estimate of drug-likeness (QED) is 0.607. The molecule has 1 aromatic carbocycles. The summed E-state index contributed by atoms with van der Waals surface area (Å²) in [6, 6.07) is 7.56. The van der Waals surface area contributed by atoms with Crippen LogP contribution in [0.3, 0.4) is 0 Å². The van der Waals surface area contributed by atoms with Gasteiger partial charge in [-0.2, -0.15) is 0 Å². The summed E-state index contributed by atoms with van der Waals surface area (Å²) in [7, 11) is 1.64. The van der Waals surface area contributed by atoms with Crippen LogP contribution in [0.4, 0.5) is 0 Å². The van der Waals surface area contributed by atoms with E-state index in [-0.39, 0.29) is 47.3 Å². The fourth-order valence-corrected chi connectivity index (χ4v) is 5.39. The molecule has 0 bridgehead atoms. The van der Waals surface area contributed by atoms with Crippen molar-refractivity contribution in [1.82, 2.24) is 10.2 Å². The molecule has 0 spiro atoms. The highest BCUT2D eigenvalue weighted by Crippen LogP contribution is 2.47. The number of guanidine groups is 1. The van der Waals surface area contributed by atoms with Crippen molar-refractivity contribution in [2.75, 3.05) is 13.7 Å². The monoisotopic (exact) mass is 470 g/mol. The van der Waals surface area contributed by atoms with Gasteiger partial charge in [-0.25, -0.2) is 4.99 Å². The normalized spacial score (nSPS) is 30.6. The van der Waals surface area contributed by atoms with Gasteiger partial charge in [0.1, 0.15) is 11.4 Å². The maximum atomic E-state index is 13.3. The van der Waals surface area contributed by atoms with E-state index >= 15 is 0 Å². The molecule has 1 fully saturated rings. The summed E-state index contributed by atoms with van der Waals surface area (Å²) in [5, 5.41) is 3.27. The second-order valence-corrected chi connectivity index (χ2v) is 10.8. The summed E-state index contributed by atoms with van der Waals surface area (Å²) in [6.07, 6.45) is 3.10. The minimum Gasteiger partial charge on any atom is -0.487 e. The zero-order valence-electron chi connectivity index (χ0n) is 21.0. The smallest absolute Gasteiger partial charge is 0.231 e. The Balaban J connectivity index is 1.49. The third-order valence-electron chi connectivity index (χ3n) is 7.51. The van der Waals surface area contributed by atoms with E-state index in [1.54, 1.807) is 12.0 Å². The average Bonchev–Trinajstić information content (AvgIpc) is 3.55. The van der Waals surface area contributed by atoms with E-state index in [9.17, 15) is 9.59 Å². The average molecular weight is 471 g/mol. The first-order chi connectivity index (χ1) is 16.1. The molecule has 1 aliphatic carbocycles. The molecule has 3 N–H and O–H groups in total. The van der Waals surface area contributed by atoms with Crippen LogP contribution in [-0.2, 0) is 14.3 Å². The number of nitrogens with one attached hydrogen (secondary N) is 1. The number of amides is 2. The van der Waals surface area contributed by atoms with Gasteiger partial charge in [0.15, 0.2) is 5.96 Å². The van der Waals surface area contributed by atoms with Gasteiger partial charge in [-0.05, 0) is 52.0 Å². The zero-order valence-corrected chi connectivity index (χ0v) is 21.0. The maximum absolute atomic E-state index is 13.3. The highest BCUT2D eigenvalue weighted by Gasteiger charge is 2.52. The molecular weight excluding hydrogens is 432 g/mol. The predicted molar refractivity (Wildman–Crippen MR) is 130 cm³/mol. The van der Waals surface area contributed by atoms with Gasteiger partial charge in [-0.1, -0.05) is 25.1 Å².